The smallest absolute Gasteiger partial charge is 0.0610 e. The lowest BCUT2D eigenvalue weighted by Gasteiger charge is -1.93. The average molecular weight is 164 g/mol. The highest BCUT2D eigenvalue weighted by Crippen LogP contribution is 2.26. The van der Waals surface area contributed by atoms with Crippen LogP contribution in [0.5, 0.6) is 0 Å². The topological polar surface area (TPSA) is 38.9 Å². The maximum Gasteiger partial charge on any atom is 0.0610 e. The highest BCUT2D eigenvalue weighted by Gasteiger charge is 2.02. The number of rotatable bonds is 0. The molecule has 0 spiro atoms. The van der Waals surface area contributed by atoms with Gasteiger partial charge >= 0.3 is 0 Å². The second-order valence-electron chi connectivity index (χ2n) is 2.49. The van der Waals surface area contributed by atoms with Crippen molar-refractivity contribution in [1.29, 1.82) is 0 Å². The molecule has 2 aromatic rings. The Hall–Kier alpha value is -1.09. The first-order valence-corrected chi connectivity index (χ1v) is 4.17. The summed E-state index contributed by atoms with van der Waals surface area (Å²) in [4.78, 5) is 0. The van der Waals surface area contributed by atoms with Crippen LogP contribution in [0, 0.1) is 6.92 Å². The van der Waals surface area contributed by atoms with E-state index in [1.807, 2.05) is 25.1 Å². The number of aryl methyl sites for hydroxylation is 1. The first-order chi connectivity index (χ1) is 5.29. The summed E-state index contributed by atoms with van der Waals surface area (Å²) < 4.78 is 5.39. The van der Waals surface area contributed by atoms with Crippen molar-refractivity contribution in [3.05, 3.63) is 23.9 Å². The van der Waals surface area contributed by atoms with Crippen molar-refractivity contribution in [1.82, 2.24) is 4.37 Å². The van der Waals surface area contributed by atoms with Gasteiger partial charge in [0.15, 0.2) is 0 Å². The second-order valence-corrected chi connectivity index (χ2v) is 3.29. The minimum absolute atomic E-state index is 0.828. The molecule has 1 heterocycles. The lowest BCUT2D eigenvalue weighted by molar-refractivity contribution is 1.37. The summed E-state index contributed by atoms with van der Waals surface area (Å²) in [5.74, 6) is 0. The third kappa shape index (κ3) is 0.886. The Kier molecular flexibility index (Phi) is 1.32. The number of hydrogen-bond acceptors (Lipinski definition) is 3. The van der Waals surface area contributed by atoms with E-state index < -0.39 is 0 Å². The van der Waals surface area contributed by atoms with E-state index in [4.69, 9.17) is 5.73 Å². The van der Waals surface area contributed by atoms with Gasteiger partial charge in [0.25, 0.3) is 0 Å². The third-order valence-corrected chi connectivity index (χ3v) is 2.60. The summed E-state index contributed by atoms with van der Waals surface area (Å²) in [6, 6.07) is 5.90. The van der Waals surface area contributed by atoms with E-state index in [1.165, 1.54) is 16.2 Å². The lowest BCUT2D eigenvalue weighted by atomic mass is 10.2. The van der Waals surface area contributed by atoms with Gasteiger partial charge in [-0.25, -0.2) is 0 Å². The van der Waals surface area contributed by atoms with Crippen LogP contribution >= 0.6 is 11.5 Å². The molecule has 0 aliphatic heterocycles. The molecular formula is C8H8N2S. The molecule has 3 heteroatoms. The molecule has 0 radical (unpaired) electrons. The van der Waals surface area contributed by atoms with Crippen LogP contribution in [-0.2, 0) is 0 Å². The van der Waals surface area contributed by atoms with Gasteiger partial charge in [0, 0.05) is 11.1 Å². The summed E-state index contributed by atoms with van der Waals surface area (Å²) >= 11 is 1.50. The summed E-state index contributed by atoms with van der Waals surface area (Å²) in [6.07, 6.45) is 0. The molecule has 0 aliphatic rings. The monoisotopic (exact) mass is 164 g/mol. The Morgan fingerprint density at radius 2 is 2.27 bits per heavy atom. The van der Waals surface area contributed by atoms with Gasteiger partial charge < -0.3 is 5.73 Å². The minimum atomic E-state index is 0.828. The van der Waals surface area contributed by atoms with Crippen LogP contribution in [0.1, 0.15) is 5.69 Å². The van der Waals surface area contributed by atoms with Crippen molar-refractivity contribution in [3.8, 4) is 0 Å². The Bertz CT molecular complexity index is 392. The number of nitrogens with two attached hydrogens (primary N) is 1. The van der Waals surface area contributed by atoms with Gasteiger partial charge in [-0.3, -0.25) is 0 Å². The summed E-state index contributed by atoms with van der Waals surface area (Å²) in [6.45, 7) is 1.98. The number of anilines is 1. The Balaban J connectivity index is 2.96. The molecule has 0 fully saturated rings. The quantitative estimate of drug-likeness (QED) is 0.606. The number of hydrogen-bond donors (Lipinski definition) is 1. The van der Waals surface area contributed by atoms with Crippen molar-refractivity contribution in [2.45, 2.75) is 6.92 Å². The zero-order valence-corrected chi connectivity index (χ0v) is 6.98. The van der Waals surface area contributed by atoms with Crippen LogP contribution in [0.15, 0.2) is 18.2 Å². The zero-order chi connectivity index (χ0) is 7.84. The Morgan fingerprint density at radius 1 is 1.45 bits per heavy atom. The van der Waals surface area contributed by atoms with Gasteiger partial charge in [-0.1, -0.05) is 6.07 Å². The molecule has 0 saturated carbocycles. The minimum Gasteiger partial charge on any atom is -0.398 e. The van der Waals surface area contributed by atoms with Gasteiger partial charge in [0.05, 0.1) is 10.4 Å². The van der Waals surface area contributed by atoms with Gasteiger partial charge in [-0.15, -0.1) is 0 Å². The van der Waals surface area contributed by atoms with Crippen LogP contribution in [0.25, 0.3) is 10.1 Å². The highest BCUT2D eigenvalue weighted by molar-refractivity contribution is 7.13. The van der Waals surface area contributed by atoms with Crippen molar-refractivity contribution < 1.29 is 0 Å². The number of benzene rings is 1. The van der Waals surface area contributed by atoms with Crippen molar-refractivity contribution in [2.75, 3.05) is 5.73 Å². The normalized spacial score (nSPS) is 10.6. The summed E-state index contributed by atoms with van der Waals surface area (Å²) in [5.41, 5.74) is 7.63. The molecule has 0 atom stereocenters. The van der Waals surface area contributed by atoms with E-state index in [9.17, 15) is 0 Å². The molecular weight excluding hydrogens is 156 g/mol. The molecule has 0 saturated heterocycles. The maximum absolute atomic E-state index is 5.77. The number of nitrogen functional groups attached to an aromatic ring is 1. The first-order valence-electron chi connectivity index (χ1n) is 3.39. The predicted molar refractivity (Wildman–Crippen MR) is 48.8 cm³/mol. The van der Waals surface area contributed by atoms with E-state index in [2.05, 4.69) is 4.37 Å². The Morgan fingerprint density at radius 3 is 3.00 bits per heavy atom. The van der Waals surface area contributed by atoms with Crippen molar-refractivity contribution >= 4 is 27.3 Å². The number of aromatic nitrogens is 1. The largest absolute Gasteiger partial charge is 0.398 e. The molecule has 2 nitrogen and oxygen atoms in total. The van der Waals surface area contributed by atoms with Gasteiger partial charge in [-0.05, 0) is 30.6 Å². The fourth-order valence-corrected chi connectivity index (χ4v) is 2.00. The molecule has 11 heavy (non-hydrogen) atoms. The number of fused-ring (bicyclic) bond motifs is 1. The van der Waals surface area contributed by atoms with Gasteiger partial charge in [-0.2, -0.15) is 4.37 Å². The molecule has 1 aromatic carbocycles. The molecule has 1 aromatic heterocycles. The summed E-state index contributed by atoms with van der Waals surface area (Å²) in [5, 5.41) is 1.11. The fraction of sp³-hybridized carbons (Fsp3) is 0.125. The van der Waals surface area contributed by atoms with E-state index in [-0.39, 0.29) is 0 Å². The Labute approximate surface area is 68.8 Å². The average Bonchev–Trinajstić information content (AvgIpc) is 2.34. The number of nitrogens with zero attached hydrogens (tertiary/aromatic N) is 1. The second kappa shape index (κ2) is 2.20. The molecule has 2 rings (SSSR count). The molecule has 2 N–H and O–H groups in total. The van der Waals surface area contributed by atoms with Gasteiger partial charge in [0.1, 0.15) is 0 Å². The zero-order valence-electron chi connectivity index (χ0n) is 6.16. The van der Waals surface area contributed by atoms with E-state index in [0.29, 0.717) is 0 Å². The van der Waals surface area contributed by atoms with Crippen LogP contribution < -0.4 is 5.73 Å². The van der Waals surface area contributed by atoms with Crippen LogP contribution in [0.3, 0.4) is 0 Å². The highest BCUT2D eigenvalue weighted by atomic mass is 32.1. The van der Waals surface area contributed by atoms with Crippen LogP contribution in [-0.4, -0.2) is 4.37 Å². The first kappa shape index (κ1) is 6.61. The van der Waals surface area contributed by atoms with E-state index in [1.54, 1.807) is 0 Å². The maximum atomic E-state index is 5.77. The molecule has 56 valence electrons. The molecule has 0 unspecified atom stereocenters. The molecule has 0 bridgehead atoms. The lowest BCUT2D eigenvalue weighted by Crippen LogP contribution is -1.84. The van der Waals surface area contributed by atoms with Crippen molar-refractivity contribution in [3.63, 3.8) is 0 Å². The molecule has 0 aliphatic carbocycles. The SMILES string of the molecule is Cc1nsc2cccc(N)c12. The van der Waals surface area contributed by atoms with Gasteiger partial charge in [0.2, 0.25) is 0 Å². The summed E-state index contributed by atoms with van der Waals surface area (Å²) in [7, 11) is 0. The standard InChI is InChI=1S/C8H8N2S/c1-5-8-6(9)3-2-4-7(8)11-10-5/h2-4H,9H2,1H3. The third-order valence-electron chi connectivity index (χ3n) is 1.70. The van der Waals surface area contributed by atoms with Crippen LogP contribution in [0.4, 0.5) is 5.69 Å². The predicted octanol–water partition coefficient (Wildman–Crippen LogP) is 2.19. The van der Waals surface area contributed by atoms with Crippen molar-refractivity contribution in [2.24, 2.45) is 0 Å². The van der Waals surface area contributed by atoms with E-state index in [0.717, 1.165) is 16.8 Å². The van der Waals surface area contributed by atoms with Crippen LogP contribution in [0.2, 0.25) is 0 Å². The van der Waals surface area contributed by atoms with E-state index >= 15 is 0 Å². The molecule has 0 amide bonds. The fourth-order valence-electron chi connectivity index (χ4n) is 1.17.